The summed E-state index contributed by atoms with van der Waals surface area (Å²) < 4.78 is 82.7. The summed E-state index contributed by atoms with van der Waals surface area (Å²) in [4.78, 5) is 0. The molecular weight excluding hydrogens is 310 g/mol. The lowest BCUT2D eigenvalue weighted by atomic mass is 9.95. The van der Waals surface area contributed by atoms with Gasteiger partial charge in [-0.3, -0.25) is 0 Å². The molecule has 7 heteroatoms. The number of hydrogen-bond donors (Lipinski definition) is 0. The van der Waals surface area contributed by atoms with Gasteiger partial charge in [-0.1, -0.05) is 6.92 Å². The topological polar surface area (TPSA) is 9.23 Å². The number of allylic oxidation sites excluding steroid dienone is 1. The minimum Gasteiger partial charge on any atom is -0.373 e. The molecule has 2 rings (SSSR count). The highest BCUT2D eigenvalue weighted by Gasteiger charge is 2.29. The number of ether oxygens (including phenoxy) is 1. The Labute approximate surface area is 123 Å². The summed E-state index contributed by atoms with van der Waals surface area (Å²) in [5.74, 6) is -4.42. The molecule has 1 aliphatic rings. The van der Waals surface area contributed by atoms with Crippen LogP contribution in [0.4, 0.5) is 26.3 Å². The minimum absolute atomic E-state index is 0.158. The van der Waals surface area contributed by atoms with Gasteiger partial charge in [0.15, 0.2) is 0 Å². The smallest absolute Gasteiger partial charge is 0.373 e. The number of benzene rings is 1. The van der Waals surface area contributed by atoms with Gasteiger partial charge < -0.3 is 4.74 Å². The second kappa shape index (κ2) is 6.32. The third-order valence-corrected chi connectivity index (χ3v) is 3.47. The van der Waals surface area contributed by atoms with E-state index in [-0.39, 0.29) is 5.56 Å². The van der Waals surface area contributed by atoms with Crippen molar-refractivity contribution in [3.8, 4) is 0 Å². The van der Waals surface area contributed by atoms with Crippen LogP contribution in [0.1, 0.15) is 37.0 Å². The number of alkyl halides is 3. The second-order valence-electron chi connectivity index (χ2n) is 5.40. The zero-order valence-corrected chi connectivity index (χ0v) is 11.7. The summed E-state index contributed by atoms with van der Waals surface area (Å²) in [5, 5.41) is 0. The molecule has 0 bridgehead atoms. The number of halogens is 6. The Morgan fingerprint density at radius 1 is 1.18 bits per heavy atom. The monoisotopic (exact) mass is 324 g/mol. The zero-order valence-electron chi connectivity index (χ0n) is 11.7. The van der Waals surface area contributed by atoms with Crippen molar-refractivity contribution in [1.29, 1.82) is 0 Å². The van der Waals surface area contributed by atoms with Crippen LogP contribution in [-0.2, 0) is 4.74 Å². The van der Waals surface area contributed by atoms with Gasteiger partial charge in [-0.25, -0.2) is 13.2 Å². The van der Waals surface area contributed by atoms with Crippen LogP contribution in [0.2, 0.25) is 0 Å². The fourth-order valence-corrected chi connectivity index (χ4v) is 2.37. The van der Waals surface area contributed by atoms with Gasteiger partial charge in [0, 0.05) is 6.61 Å². The summed E-state index contributed by atoms with van der Waals surface area (Å²) in [6, 6.07) is 1.64. The largest absolute Gasteiger partial charge is 0.412 e. The van der Waals surface area contributed by atoms with Gasteiger partial charge in [0.25, 0.3) is 0 Å². The molecule has 2 unspecified atom stereocenters. The minimum atomic E-state index is -5.00. The molecule has 0 amide bonds. The quantitative estimate of drug-likeness (QED) is 0.669. The van der Waals surface area contributed by atoms with Gasteiger partial charge in [0.05, 0.1) is 17.7 Å². The maximum atomic E-state index is 13.8. The van der Waals surface area contributed by atoms with Crippen molar-refractivity contribution in [3.63, 3.8) is 0 Å². The van der Waals surface area contributed by atoms with Crippen molar-refractivity contribution in [2.24, 2.45) is 5.92 Å². The highest BCUT2D eigenvalue weighted by molar-refractivity contribution is 5.61. The summed E-state index contributed by atoms with van der Waals surface area (Å²) in [6.45, 7) is 2.40. The lowest BCUT2D eigenvalue weighted by Crippen LogP contribution is -2.19. The Hall–Kier alpha value is -1.50. The van der Waals surface area contributed by atoms with Gasteiger partial charge >= 0.3 is 6.18 Å². The average molecular weight is 324 g/mol. The maximum absolute atomic E-state index is 13.8. The van der Waals surface area contributed by atoms with Crippen molar-refractivity contribution < 1.29 is 31.1 Å². The molecule has 1 aliphatic heterocycles. The Bertz CT molecular complexity index is 547. The maximum Gasteiger partial charge on any atom is 0.412 e. The van der Waals surface area contributed by atoms with E-state index in [2.05, 4.69) is 0 Å². The van der Waals surface area contributed by atoms with Crippen LogP contribution in [0.5, 0.6) is 0 Å². The van der Waals surface area contributed by atoms with E-state index in [0.717, 1.165) is 18.6 Å². The first-order chi connectivity index (χ1) is 10.2. The molecule has 2 atom stereocenters. The summed E-state index contributed by atoms with van der Waals surface area (Å²) >= 11 is 0. The predicted octanol–water partition coefficient (Wildman–Crippen LogP) is 5.33. The molecule has 1 fully saturated rings. The lowest BCUT2D eigenvalue weighted by molar-refractivity contribution is -0.0798. The molecule has 0 aliphatic carbocycles. The average Bonchev–Trinajstić information content (AvgIpc) is 2.36. The summed E-state index contributed by atoms with van der Waals surface area (Å²) in [5.41, 5.74) is -1.16. The Morgan fingerprint density at radius 2 is 1.77 bits per heavy atom. The van der Waals surface area contributed by atoms with Crippen molar-refractivity contribution in [3.05, 3.63) is 41.0 Å². The van der Waals surface area contributed by atoms with E-state index >= 15 is 0 Å². The van der Waals surface area contributed by atoms with Crippen LogP contribution in [0.3, 0.4) is 0 Å². The first-order valence-electron chi connectivity index (χ1n) is 6.73. The molecule has 122 valence electrons. The molecule has 22 heavy (non-hydrogen) atoms. The van der Waals surface area contributed by atoms with Crippen LogP contribution >= 0.6 is 0 Å². The van der Waals surface area contributed by atoms with E-state index in [0.29, 0.717) is 18.9 Å². The van der Waals surface area contributed by atoms with Gasteiger partial charge in [-0.2, -0.15) is 13.2 Å². The van der Waals surface area contributed by atoms with Crippen LogP contribution in [0, 0.1) is 17.6 Å². The molecule has 1 aromatic carbocycles. The van der Waals surface area contributed by atoms with Crippen molar-refractivity contribution in [2.75, 3.05) is 6.61 Å². The molecule has 0 saturated carbocycles. The molecule has 0 radical (unpaired) electrons. The summed E-state index contributed by atoms with van der Waals surface area (Å²) in [6.07, 6.45) is -4.96. The van der Waals surface area contributed by atoms with Crippen molar-refractivity contribution in [1.82, 2.24) is 0 Å². The molecule has 0 N–H and O–H groups in total. The highest BCUT2D eigenvalue weighted by atomic mass is 19.4. The van der Waals surface area contributed by atoms with Crippen molar-refractivity contribution >= 4 is 5.83 Å². The normalized spacial score (nSPS) is 23.7. The van der Waals surface area contributed by atoms with Crippen molar-refractivity contribution in [2.45, 2.75) is 32.0 Å². The first-order valence-corrected chi connectivity index (χ1v) is 6.73. The molecular formula is C15H14F6O. The number of hydrogen-bond acceptors (Lipinski definition) is 1. The van der Waals surface area contributed by atoms with E-state index in [9.17, 15) is 26.3 Å². The van der Waals surface area contributed by atoms with E-state index < -0.39 is 41.4 Å². The predicted molar refractivity (Wildman–Crippen MR) is 68.6 cm³/mol. The van der Waals surface area contributed by atoms with Gasteiger partial charge in [0.1, 0.15) is 17.5 Å². The first kappa shape index (κ1) is 16.9. The van der Waals surface area contributed by atoms with Crippen LogP contribution in [0.15, 0.2) is 18.2 Å². The Kier molecular flexibility index (Phi) is 4.84. The molecule has 0 spiro atoms. The fraction of sp³-hybridized carbons (Fsp3) is 0.467. The molecule has 1 nitrogen and oxygen atoms in total. The number of rotatable bonds is 2. The second-order valence-corrected chi connectivity index (χ2v) is 5.40. The van der Waals surface area contributed by atoms with Gasteiger partial charge in [-0.05, 0) is 36.5 Å². The van der Waals surface area contributed by atoms with Gasteiger partial charge in [-0.15, -0.1) is 0 Å². The molecule has 1 saturated heterocycles. The lowest BCUT2D eigenvalue weighted by Gasteiger charge is -2.27. The molecule has 0 aromatic heterocycles. The highest BCUT2D eigenvalue weighted by Crippen LogP contribution is 2.34. The third-order valence-electron chi connectivity index (χ3n) is 3.47. The Balaban J connectivity index is 2.31. The Morgan fingerprint density at radius 3 is 2.23 bits per heavy atom. The zero-order chi connectivity index (χ0) is 16.5. The van der Waals surface area contributed by atoms with E-state index in [4.69, 9.17) is 4.74 Å². The fourth-order valence-electron chi connectivity index (χ4n) is 2.37. The van der Waals surface area contributed by atoms with Crippen LogP contribution in [0.25, 0.3) is 5.83 Å². The van der Waals surface area contributed by atoms with Crippen LogP contribution in [-0.4, -0.2) is 12.8 Å². The molecule has 1 aromatic rings. The van der Waals surface area contributed by atoms with E-state index in [1.54, 1.807) is 0 Å². The van der Waals surface area contributed by atoms with E-state index in [1.807, 2.05) is 6.92 Å². The standard InChI is InChI=1S/C15H14F6O/c1-8-2-3-13(22-7-8)9-4-10(16)14(11(17)5-9)12(18)6-15(19,20)21/h4-6,8,13H,2-3,7H2,1H3/b12-6-. The third kappa shape index (κ3) is 4.03. The van der Waals surface area contributed by atoms with Crippen LogP contribution < -0.4 is 0 Å². The van der Waals surface area contributed by atoms with Gasteiger partial charge in [0.2, 0.25) is 0 Å². The van der Waals surface area contributed by atoms with E-state index in [1.165, 1.54) is 0 Å². The molecule has 1 heterocycles. The summed E-state index contributed by atoms with van der Waals surface area (Å²) in [7, 11) is 0. The SMILES string of the molecule is CC1CCC(c2cc(F)c(/C(F)=C/C(F)(F)F)c(F)c2)OC1.